The van der Waals surface area contributed by atoms with Crippen molar-refractivity contribution in [2.75, 3.05) is 13.2 Å². The van der Waals surface area contributed by atoms with Gasteiger partial charge >= 0.3 is 5.97 Å². The first-order valence-corrected chi connectivity index (χ1v) is 9.11. The van der Waals surface area contributed by atoms with E-state index in [0.717, 1.165) is 17.0 Å². The summed E-state index contributed by atoms with van der Waals surface area (Å²) in [5, 5.41) is 4.97. The molecule has 3 aromatic rings. The smallest absolute Gasteiger partial charge is 0.306 e. The molecule has 0 radical (unpaired) electrons. The summed E-state index contributed by atoms with van der Waals surface area (Å²) in [6.07, 6.45) is 2.20. The molecule has 0 saturated heterocycles. The first-order valence-electron chi connectivity index (χ1n) is 8.35. The van der Waals surface area contributed by atoms with Gasteiger partial charge in [0.05, 0.1) is 10.0 Å². The van der Waals surface area contributed by atoms with Crippen LogP contribution >= 0.6 is 23.2 Å². The Morgan fingerprint density at radius 3 is 2.67 bits per heavy atom. The van der Waals surface area contributed by atoms with Crippen LogP contribution in [0.4, 0.5) is 0 Å². The van der Waals surface area contributed by atoms with Crippen LogP contribution in [0.5, 0.6) is 5.75 Å². The van der Waals surface area contributed by atoms with Crippen molar-refractivity contribution in [3.8, 4) is 5.75 Å². The molecule has 0 bridgehead atoms. The molecule has 3 rings (SSSR count). The average Bonchev–Trinajstić information content (AvgIpc) is 3.09. The van der Waals surface area contributed by atoms with Crippen molar-refractivity contribution >= 4 is 34.9 Å². The summed E-state index contributed by atoms with van der Waals surface area (Å²) in [4.78, 5) is 20.5. The molecule has 0 aliphatic heterocycles. The maximum Gasteiger partial charge on any atom is 0.306 e. The van der Waals surface area contributed by atoms with Crippen molar-refractivity contribution in [3.05, 3.63) is 51.5 Å². The number of hydrogen-bond acceptors (Lipinski definition) is 6. The Morgan fingerprint density at radius 1 is 1.19 bits per heavy atom. The number of fused-ring (bicyclic) bond motifs is 1. The Morgan fingerprint density at radius 2 is 1.93 bits per heavy atom. The van der Waals surface area contributed by atoms with Crippen molar-refractivity contribution in [2.24, 2.45) is 0 Å². The van der Waals surface area contributed by atoms with E-state index in [2.05, 4.69) is 15.1 Å². The molecule has 7 nitrogen and oxygen atoms in total. The van der Waals surface area contributed by atoms with Crippen LogP contribution in [0, 0.1) is 13.8 Å². The molecule has 27 heavy (non-hydrogen) atoms. The van der Waals surface area contributed by atoms with E-state index >= 15 is 0 Å². The number of hydrogen-bond donors (Lipinski definition) is 0. The molecule has 0 amide bonds. The third-order valence-corrected chi connectivity index (χ3v) is 4.67. The van der Waals surface area contributed by atoms with Gasteiger partial charge in [0.2, 0.25) is 0 Å². The first kappa shape index (κ1) is 19.4. The Balaban J connectivity index is 1.49. The number of carbonyl (C=O) groups is 1. The standard InChI is InChI=1S/C18H18Cl2N4O3/c1-11-13(12(2)24-18(23-11)21-10-22-24)6-7-16(25)26-8-9-27-17-14(19)4-3-5-15(17)20/h3-5,10H,6-9H2,1-2H3. The van der Waals surface area contributed by atoms with Gasteiger partial charge in [-0.25, -0.2) is 9.50 Å². The molecule has 2 heterocycles. The predicted molar refractivity (Wildman–Crippen MR) is 101 cm³/mol. The first-order chi connectivity index (χ1) is 13.0. The number of halogens is 2. The van der Waals surface area contributed by atoms with Crippen LogP contribution in [0.25, 0.3) is 5.78 Å². The number of benzene rings is 1. The van der Waals surface area contributed by atoms with Crippen LogP contribution in [0.3, 0.4) is 0 Å². The highest BCUT2D eigenvalue weighted by Gasteiger charge is 2.13. The van der Waals surface area contributed by atoms with E-state index in [1.165, 1.54) is 6.33 Å². The number of aromatic nitrogens is 4. The van der Waals surface area contributed by atoms with E-state index in [1.54, 1.807) is 22.7 Å². The number of carbonyl (C=O) groups excluding carboxylic acids is 1. The Labute approximate surface area is 166 Å². The second kappa shape index (κ2) is 8.54. The molecule has 0 unspecified atom stereocenters. The molecular weight excluding hydrogens is 391 g/mol. The molecule has 2 aromatic heterocycles. The van der Waals surface area contributed by atoms with Crippen molar-refractivity contribution in [3.63, 3.8) is 0 Å². The van der Waals surface area contributed by atoms with Crippen molar-refractivity contribution in [1.82, 2.24) is 19.6 Å². The Hall–Kier alpha value is -2.38. The van der Waals surface area contributed by atoms with E-state index in [9.17, 15) is 4.79 Å². The van der Waals surface area contributed by atoms with E-state index in [-0.39, 0.29) is 25.6 Å². The zero-order valence-corrected chi connectivity index (χ0v) is 16.4. The molecule has 0 N–H and O–H groups in total. The van der Waals surface area contributed by atoms with Gasteiger partial charge in [-0.3, -0.25) is 4.79 Å². The highest BCUT2D eigenvalue weighted by molar-refractivity contribution is 6.37. The number of rotatable bonds is 7. The van der Waals surface area contributed by atoms with E-state index in [4.69, 9.17) is 32.7 Å². The van der Waals surface area contributed by atoms with E-state index < -0.39 is 0 Å². The fourth-order valence-corrected chi connectivity index (χ4v) is 3.24. The lowest BCUT2D eigenvalue weighted by molar-refractivity contribution is -0.144. The van der Waals surface area contributed by atoms with Gasteiger partial charge in [0.25, 0.3) is 5.78 Å². The molecule has 1 aromatic carbocycles. The zero-order valence-electron chi connectivity index (χ0n) is 14.9. The van der Waals surface area contributed by atoms with Crippen LogP contribution in [-0.4, -0.2) is 38.8 Å². The Bertz CT molecular complexity index is 954. The minimum atomic E-state index is -0.318. The molecule has 0 aliphatic rings. The van der Waals surface area contributed by atoms with E-state index in [0.29, 0.717) is 28.0 Å². The van der Waals surface area contributed by atoms with Crippen LogP contribution in [-0.2, 0) is 16.0 Å². The highest BCUT2D eigenvalue weighted by atomic mass is 35.5. The van der Waals surface area contributed by atoms with Gasteiger partial charge in [0.1, 0.15) is 19.5 Å². The summed E-state index contributed by atoms with van der Waals surface area (Å²) >= 11 is 12.0. The summed E-state index contributed by atoms with van der Waals surface area (Å²) in [5.41, 5.74) is 2.71. The van der Waals surface area contributed by atoms with Gasteiger partial charge in [0, 0.05) is 17.8 Å². The summed E-state index contributed by atoms with van der Waals surface area (Å²) in [5.74, 6) is 0.614. The van der Waals surface area contributed by atoms with Gasteiger partial charge in [0.15, 0.2) is 5.75 Å². The summed E-state index contributed by atoms with van der Waals surface area (Å²) in [6, 6.07) is 5.09. The maximum absolute atomic E-state index is 12.0. The zero-order chi connectivity index (χ0) is 19.4. The van der Waals surface area contributed by atoms with Crippen LogP contribution in [0.2, 0.25) is 10.0 Å². The molecule has 0 saturated carbocycles. The Kier molecular flexibility index (Phi) is 6.13. The number of esters is 1. The lowest BCUT2D eigenvalue weighted by Gasteiger charge is -2.11. The molecule has 9 heteroatoms. The van der Waals surface area contributed by atoms with Crippen LogP contribution in [0.15, 0.2) is 24.5 Å². The number of aryl methyl sites for hydroxylation is 2. The second-order valence-electron chi connectivity index (χ2n) is 5.85. The lowest BCUT2D eigenvalue weighted by atomic mass is 10.1. The van der Waals surface area contributed by atoms with Gasteiger partial charge in [-0.15, -0.1) is 0 Å². The molecule has 0 spiro atoms. The van der Waals surface area contributed by atoms with Gasteiger partial charge in [-0.05, 0) is 38.0 Å². The highest BCUT2D eigenvalue weighted by Crippen LogP contribution is 2.32. The van der Waals surface area contributed by atoms with Crippen molar-refractivity contribution in [1.29, 1.82) is 0 Å². The minimum Gasteiger partial charge on any atom is -0.487 e. The van der Waals surface area contributed by atoms with Crippen molar-refractivity contribution in [2.45, 2.75) is 26.7 Å². The van der Waals surface area contributed by atoms with E-state index in [1.807, 2.05) is 13.8 Å². The largest absolute Gasteiger partial charge is 0.487 e. The monoisotopic (exact) mass is 408 g/mol. The summed E-state index contributed by atoms with van der Waals surface area (Å²) < 4.78 is 12.4. The van der Waals surface area contributed by atoms with Gasteiger partial charge in [-0.2, -0.15) is 10.1 Å². The fourth-order valence-electron chi connectivity index (χ4n) is 2.74. The predicted octanol–water partition coefficient (Wildman–Crippen LogP) is 3.60. The van der Waals surface area contributed by atoms with Crippen LogP contribution < -0.4 is 4.74 Å². The minimum absolute atomic E-state index is 0.110. The summed E-state index contributed by atoms with van der Waals surface area (Å²) in [6.45, 7) is 4.10. The van der Waals surface area contributed by atoms with Gasteiger partial charge in [-0.1, -0.05) is 29.3 Å². The lowest BCUT2D eigenvalue weighted by Crippen LogP contribution is -2.14. The average molecular weight is 409 g/mol. The molecule has 0 fully saturated rings. The fraction of sp³-hybridized carbons (Fsp3) is 0.333. The number of nitrogens with zero attached hydrogens (tertiary/aromatic N) is 4. The molecular formula is C18H18Cl2N4O3. The maximum atomic E-state index is 12.0. The van der Waals surface area contributed by atoms with Gasteiger partial charge < -0.3 is 9.47 Å². The third kappa shape index (κ3) is 4.48. The molecule has 0 aliphatic carbocycles. The van der Waals surface area contributed by atoms with Crippen molar-refractivity contribution < 1.29 is 14.3 Å². The normalized spacial score (nSPS) is 11.0. The van der Waals surface area contributed by atoms with Crippen LogP contribution in [0.1, 0.15) is 23.4 Å². The second-order valence-corrected chi connectivity index (χ2v) is 6.67. The SMILES string of the molecule is Cc1nc2ncnn2c(C)c1CCC(=O)OCCOc1c(Cl)cccc1Cl. The third-order valence-electron chi connectivity index (χ3n) is 4.08. The molecule has 0 atom stereocenters. The number of para-hydroxylation sites is 1. The number of ether oxygens (including phenoxy) is 2. The molecule has 142 valence electrons. The quantitative estimate of drug-likeness (QED) is 0.438. The summed E-state index contributed by atoms with van der Waals surface area (Å²) in [7, 11) is 0. The topological polar surface area (TPSA) is 78.6 Å².